The predicted molar refractivity (Wildman–Crippen MR) is 126 cm³/mol. The van der Waals surface area contributed by atoms with Crippen LogP contribution in [0.15, 0.2) is 72.1 Å². The molecule has 4 aromatic rings. The first kappa shape index (κ1) is 21.7. The Morgan fingerprint density at radius 2 is 1.81 bits per heavy atom. The second kappa shape index (κ2) is 9.74. The molecule has 0 spiro atoms. The van der Waals surface area contributed by atoms with Crippen molar-refractivity contribution in [1.82, 2.24) is 24.6 Å². The zero-order valence-corrected chi connectivity index (χ0v) is 19.1. The molecule has 2 heterocycles. The Morgan fingerprint density at radius 3 is 2.53 bits per heavy atom. The summed E-state index contributed by atoms with van der Waals surface area (Å²) in [5.74, 6) is 1.02. The molecule has 7 nitrogen and oxygen atoms in total. The van der Waals surface area contributed by atoms with Gasteiger partial charge in [-0.1, -0.05) is 30.0 Å². The van der Waals surface area contributed by atoms with E-state index in [4.69, 9.17) is 4.74 Å². The summed E-state index contributed by atoms with van der Waals surface area (Å²) in [6.07, 6.45) is 3.61. The number of methoxy groups -OCH3 is 1. The van der Waals surface area contributed by atoms with Gasteiger partial charge in [-0.2, -0.15) is 5.10 Å². The third kappa shape index (κ3) is 4.70. The largest absolute Gasteiger partial charge is 0.497 e. The zero-order valence-electron chi connectivity index (χ0n) is 18.3. The van der Waals surface area contributed by atoms with Crippen LogP contribution in [0.2, 0.25) is 0 Å². The van der Waals surface area contributed by atoms with E-state index in [-0.39, 0.29) is 11.7 Å². The fourth-order valence-electron chi connectivity index (χ4n) is 3.46. The van der Waals surface area contributed by atoms with Crippen molar-refractivity contribution in [2.75, 3.05) is 12.9 Å². The second-order valence-electron chi connectivity index (χ2n) is 7.24. The van der Waals surface area contributed by atoms with Gasteiger partial charge in [0.1, 0.15) is 5.75 Å². The number of carbonyl (C=O) groups excluding carboxylic acids is 1. The second-order valence-corrected chi connectivity index (χ2v) is 8.18. The molecule has 0 saturated carbocycles. The molecular formula is C24H25N5O2S. The number of rotatable bonds is 8. The van der Waals surface area contributed by atoms with Crippen molar-refractivity contribution in [3.63, 3.8) is 0 Å². The molecule has 0 aliphatic carbocycles. The lowest BCUT2D eigenvalue weighted by molar-refractivity contribution is -0.118. The summed E-state index contributed by atoms with van der Waals surface area (Å²) < 4.78 is 9.08. The molecule has 0 bridgehead atoms. The van der Waals surface area contributed by atoms with Crippen molar-refractivity contribution in [2.24, 2.45) is 0 Å². The summed E-state index contributed by atoms with van der Waals surface area (Å²) >= 11 is 1.40. The molecule has 0 unspecified atom stereocenters. The van der Waals surface area contributed by atoms with E-state index in [9.17, 15) is 4.79 Å². The minimum Gasteiger partial charge on any atom is -0.497 e. The first-order chi connectivity index (χ1) is 15.6. The maximum Gasteiger partial charge on any atom is 0.230 e. The Kier molecular flexibility index (Phi) is 6.61. The Bertz CT molecular complexity index is 1200. The number of aromatic nitrogens is 4. The van der Waals surface area contributed by atoms with Gasteiger partial charge >= 0.3 is 0 Å². The van der Waals surface area contributed by atoms with Gasteiger partial charge in [0.2, 0.25) is 5.91 Å². The molecular weight excluding hydrogens is 422 g/mol. The number of benzene rings is 2. The highest BCUT2D eigenvalue weighted by molar-refractivity contribution is 7.99. The minimum absolute atomic E-state index is 0.0504. The number of hydrogen-bond acceptors (Lipinski definition) is 5. The molecule has 164 valence electrons. The average molecular weight is 448 g/mol. The molecule has 1 N–H and O–H groups in total. The van der Waals surface area contributed by atoms with Gasteiger partial charge in [-0.3, -0.25) is 9.36 Å². The number of hydrogen-bond donors (Lipinski definition) is 1. The number of nitrogens with one attached hydrogen (secondary N) is 1. The normalized spacial score (nSPS) is 10.8. The van der Waals surface area contributed by atoms with Crippen LogP contribution in [0.4, 0.5) is 0 Å². The molecule has 8 heteroatoms. The first-order valence-corrected chi connectivity index (χ1v) is 11.2. The summed E-state index contributed by atoms with van der Waals surface area (Å²) in [5, 5.41) is 8.41. The van der Waals surface area contributed by atoms with E-state index in [0.717, 1.165) is 39.2 Å². The van der Waals surface area contributed by atoms with E-state index >= 15 is 0 Å². The van der Waals surface area contributed by atoms with E-state index in [1.54, 1.807) is 13.3 Å². The van der Waals surface area contributed by atoms with Gasteiger partial charge in [0, 0.05) is 35.9 Å². The molecule has 0 aliphatic heterocycles. The van der Waals surface area contributed by atoms with Crippen LogP contribution in [0.5, 0.6) is 5.75 Å². The summed E-state index contributed by atoms with van der Waals surface area (Å²) in [5.41, 5.74) is 4.94. The standard InChI is InChI=1S/C24H25N5O2S/c1-17-22(18(2)29(27-17)20-7-5-4-6-8-20)15-26-23(30)16-32-24-25-13-14-28(24)19-9-11-21(31-3)12-10-19/h4-14H,15-16H2,1-3H3,(H,26,30). The molecule has 0 saturated heterocycles. The predicted octanol–water partition coefficient (Wildman–Crippen LogP) is 4.09. The number of para-hydroxylation sites is 1. The summed E-state index contributed by atoms with van der Waals surface area (Å²) in [4.78, 5) is 16.9. The Labute approximate surface area is 191 Å². The van der Waals surface area contributed by atoms with E-state index in [0.29, 0.717) is 6.54 Å². The van der Waals surface area contributed by atoms with Crippen LogP contribution in [0.1, 0.15) is 17.0 Å². The number of ether oxygens (including phenoxy) is 1. The highest BCUT2D eigenvalue weighted by Gasteiger charge is 2.14. The quantitative estimate of drug-likeness (QED) is 0.412. The van der Waals surface area contributed by atoms with Crippen molar-refractivity contribution in [3.8, 4) is 17.1 Å². The minimum atomic E-state index is -0.0504. The highest BCUT2D eigenvalue weighted by Crippen LogP contribution is 2.22. The lowest BCUT2D eigenvalue weighted by Crippen LogP contribution is -2.25. The van der Waals surface area contributed by atoms with Gasteiger partial charge in [0.15, 0.2) is 5.16 Å². The van der Waals surface area contributed by atoms with Crippen LogP contribution in [-0.4, -0.2) is 38.1 Å². The van der Waals surface area contributed by atoms with Crippen LogP contribution in [0.25, 0.3) is 11.4 Å². The summed E-state index contributed by atoms with van der Waals surface area (Å²) in [6.45, 7) is 4.43. The van der Waals surface area contributed by atoms with E-state index in [2.05, 4.69) is 15.4 Å². The average Bonchev–Trinajstić information content (AvgIpc) is 3.41. The van der Waals surface area contributed by atoms with E-state index in [1.807, 2.05) is 83.9 Å². The fraction of sp³-hybridized carbons (Fsp3) is 0.208. The molecule has 2 aromatic carbocycles. The van der Waals surface area contributed by atoms with Gasteiger partial charge in [-0.15, -0.1) is 0 Å². The lowest BCUT2D eigenvalue weighted by atomic mass is 10.2. The molecule has 0 fully saturated rings. The number of nitrogens with zero attached hydrogens (tertiary/aromatic N) is 4. The van der Waals surface area contributed by atoms with Crippen molar-refractivity contribution in [2.45, 2.75) is 25.5 Å². The molecule has 4 rings (SSSR count). The van der Waals surface area contributed by atoms with Gasteiger partial charge in [0.05, 0.1) is 24.2 Å². The Balaban J connectivity index is 1.37. The third-order valence-electron chi connectivity index (χ3n) is 5.19. The SMILES string of the molecule is COc1ccc(-n2ccnc2SCC(=O)NCc2c(C)nn(-c3ccccc3)c2C)cc1. The van der Waals surface area contributed by atoms with Crippen LogP contribution in [0, 0.1) is 13.8 Å². The Hall–Kier alpha value is -3.52. The zero-order chi connectivity index (χ0) is 22.5. The number of thioether (sulfide) groups is 1. The van der Waals surface area contributed by atoms with Crippen molar-refractivity contribution in [1.29, 1.82) is 0 Å². The van der Waals surface area contributed by atoms with Crippen molar-refractivity contribution >= 4 is 17.7 Å². The fourth-order valence-corrected chi connectivity index (χ4v) is 4.26. The number of amides is 1. The number of aryl methyl sites for hydroxylation is 1. The van der Waals surface area contributed by atoms with Crippen molar-refractivity contribution < 1.29 is 9.53 Å². The molecule has 0 atom stereocenters. The highest BCUT2D eigenvalue weighted by atomic mass is 32.2. The Morgan fingerprint density at radius 1 is 1.06 bits per heavy atom. The van der Waals surface area contributed by atoms with Crippen molar-refractivity contribution in [3.05, 3.63) is 83.9 Å². The summed E-state index contributed by atoms with van der Waals surface area (Å²) in [6, 6.07) is 17.7. The van der Waals surface area contributed by atoms with Gasteiger partial charge < -0.3 is 10.1 Å². The maximum absolute atomic E-state index is 12.5. The molecule has 1 amide bonds. The van der Waals surface area contributed by atoms with Gasteiger partial charge in [-0.05, 0) is 50.2 Å². The topological polar surface area (TPSA) is 74.0 Å². The van der Waals surface area contributed by atoms with Gasteiger partial charge in [0.25, 0.3) is 0 Å². The smallest absolute Gasteiger partial charge is 0.230 e. The molecule has 32 heavy (non-hydrogen) atoms. The monoisotopic (exact) mass is 447 g/mol. The summed E-state index contributed by atoms with van der Waals surface area (Å²) in [7, 11) is 1.64. The lowest BCUT2D eigenvalue weighted by Gasteiger charge is -2.09. The number of carbonyl (C=O) groups is 1. The molecule has 0 aliphatic rings. The van der Waals surface area contributed by atoms with Gasteiger partial charge in [-0.25, -0.2) is 9.67 Å². The van der Waals surface area contributed by atoms with Crippen LogP contribution in [0.3, 0.4) is 0 Å². The van der Waals surface area contributed by atoms with Crippen LogP contribution < -0.4 is 10.1 Å². The maximum atomic E-state index is 12.5. The van der Waals surface area contributed by atoms with Crippen LogP contribution >= 0.6 is 11.8 Å². The van der Waals surface area contributed by atoms with E-state index < -0.39 is 0 Å². The first-order valence-electron chi connectivity index (χ1n) is 10.2. The molecule has 0 radical (unpaired) electrons. The van der Waals surface area contributed by atoms with Crippen LogP contribution in [-0.2, 0) is 11.3 Å². The third-order valence-corrected chi connectivity index (χ3v) is 6.16. The molecule has 2 aromatic heterocycles. The van der Waals surface area contributed by atoms with E-state index in [1.165, 1.54) is 11.8 Å². The number of imidazole rings is 1.